The number of H-pyrrole nitrogens is 1. The van der Waals surface area contributed by atoms with Crippen LogP contribution in [0, 0.1) is 5.82 Å². The number of aromatic amines is 1. The molecule has 0 atom stereocenters. The highest BCUT2D eigenvalue weighted by atomic mass is 19.1. The maximum atomic E-state index is 13.3. The third kappa shape index (κ3) is 4.91. The predicted octanol–water partition coefficient (Wildman–Crippen LogP) is 1.78. The van der Waals surface area contributed by atoms with Crippen LogP contribution in [0.2, 0.25) is 0 Å². The Kier molecular flexibility index (Phi) is 5.99. The Morgan fingerprint density at radius 3 is 2.54 bits per heavy atom. The molecule has 1 aliphatic heterocycles. The SMILES string of the molecule is O=C(CCc1cn[nH]c1)N1CCCN(C(=O)Cc2cccc(F)c2)CC1. The van der Waals surface area contributed by atoms with E-state index in [0.29, 0.717) is 44.6 Å². The number of amides is 2. The summed E-state index contributed by atoms with van der Waals surface area (Å²) in [6, 6.07) is 6.12. The Labute approximate surface area is 152 Å². The first-order chi connectivity index (χ1) is 12.6. The normalized spacial score (nSPS) is 15.0. The standard InChI is InChI=1S/C19H23FN4O2/c20-17-4-1-3-15(11-17)12-19(26)24-8-2-7-23(9-10-24)18(25)6-5-16-13-21-22-14-16/h1,3-4,11,13-14H,2,5-10,12H2,(H,21,22). The number of nitrogens with one attached hydrogen (secondary N) is 1. The van der Waals surface area contributed by atoms with Gasteiger partial charge in [-0.3, -0.25) is 14.7 Å². The van der Waals surface area contributed by atoms with E-state index >= 15 is 0 Å². The zero-order valence-electron chi connectivity index (χ0n) is 14.7. The predicted molar refractivity (Wildman–Crippen MR) is 94.8 cm³/mol. The molecule has 6 nitrogen and oxygen atoms in total. The fourth-order valence-electron chi connectivity index (χ4n) is 3.17. The third-order valence-corrected chi connectivity index (χ3v) is 4.63. The van der Waals surface area contributed by atoms with Crippen LogP contribution in [-0.4, -0.2) is 58.0 Å². The summed E-state index contributed by atoms with van der Waals surface area (Å²) in [5, 5.41) is 6.62. The van der Waals surface area contributed by atoms with Crippen molar-refractivity contribution in [1.82, 2.24) is 20.0 Å². The molecule has 0 bridgehead atoms. The van der Waals surface area contributed by atoms with E-state index in [1.165, 1.54) is 12.1 Å². The number of nitrogens with zero attached hydrogens (tertiary/aromatic N) is 3. The van der Waals surface area contributed by atoms with Crippen LogP contribution in [0.4, 0.5) is 4.39 Å². The highest BCUT2D eigenvalue weighted by Crippen LogP contribution is 2.11. The first-order valence-corrected chi connectivity index (χ1v) is 8.89. The number of halogens is 1. The van der Waals surface area contributed by atoms with Gasteiger partial charge < -0.3 is 9.80 Å². The minimum absolute atomic E-state index is 0.0247. The van der Waals surface area contributed by atoms with Gasteiger partial charge in [0.2, 0.25) is 11.8 Å². The molecule has 1 N–H and O–H groups in total. The summed E-state index contributed by atoms with van der Waals surface area (Å²) in [6.07, 6.45) is 5.56. The number of aryl methyl sites for hydroxylation is 1. The van der Waals surface area contributed by atoms with Gasteiger partial charge >= 0.3 is 0 Å². The molecule has 1 saturated heterocycles. The molecule has 0 radical (unpaired) electrons. The number of hydrogen-bond donors (Lipinski definition) is 1. The Balaban J connectivity index is 1.49. The Morgan fingerprint density at radius 1 is 1.08 bits per heavy atom. The molecule has 1 fully saturated rings. The third-order valence-electron chi connectivity index (χ3n) is 4.63. The van der Waals surface area contributed by atoms with Crippen molar-refractivity contribution in [2.24, 2.45) is 0 Å². The monoisotopic (exact) mass is 358 g/mol. The molecule has 7 heteroatoms. The van der Waals surface area contributed by atoms with Crippen LogP contribution < -0.4 is 0 Å². The zero-order valence-corrected chi connectivity index (χ0v) is 14.7. The fourth-order valence-corrected chi connectivity index (χ4v) is 3.17. The number of carbonyl (C=O) groups is 2. The van der Waals surface area contributed by atoms with Crippen LogP contribution in [0.25, 0.3) is 0 Å². The molecule has 2 aromatic rings. The minimum atomic E-state index is -0.333. The first kappa shape index (κ1) is 18.1. The average molecular weight is 358 g/mol. The summed E-state index contributed by atoms with van der Waals surface area (Å²) in [5.74, 6) is -0.255. The number of rotatable bonds is 5. The minimum Gasteiger partial charge on any atom is -0.341 e. The fraction of sp³-hybridized carbons (Fsp3) is 0.421. The molecule has 0 aliphatic carbocycles. The highest BCUT2D eigenvalue weighted by molar-refractivity contribution is 5.79. The van der Waals surface area contributed by atoms with E-state index in [4.69, 9.17) is 0 Å². The summed E-state index contributed by atoms with van der Waals surface area (Å²) in [4.78, 5) is 28.5. The van der Waals surface area contributed by atoms with Gasteiger partial charge in [-0.05, 0) is 36.1 Å². The summed E-state index contributed by atoms with van der Waals surface area (Å²) >= 11 is 0. The van der Waals surface area contributed by atoms with E-state index in [-0.39, 0.29) is 24.1 Å². The van der Waals surface area contributed by atoms with E-state index in [0.717, 1.165) is 12.0 Å². The van der Waals surface area contributed by atoms with Crippen LogP contribution in [0.3, 0.4) is 0 Å². The van der Waals surface area contributed by atoms with Crippen LogP contribution in [-0.2, 0) is 22.4 Å². The van der Waals surface area contributed by atoms with Gasteiger partial charge in [0.1, 0.15) is 5.82 Å². The Hall–Kier alpha value is -2.70. The number of hydrogen-bond acceptors (Lipinski definition) is 3. The van der Waals surface area contributed by atoms with Crippen molar-refractivity contribution in [1.29, 1.82) is 0 Å². The number of aromatic nitrogens is 2. The average Bonchev–Trinajstić information content (AvgIpc) is 3.02. The molecule has 2 amide bonds. The summed E-state index contributed by atoms with van der Waals surface area (Å²) < 4.78 is 13.3. The summed E-state index contributed by atoms with van der Waals surface area (Å²) in [6.45, 7) is 2.35. The largest absolute Gasteiger partial charge is 0.341 e. The second kappa shape index (κ2) is 8.60. The lowest BCUT2D eigenvalue weighted by atomic mass is 10.1. The quantitative estimate of drug-likeness (QED) is 0.886. The molecular weight excluding hydrogens is 335 g/mol. The van der Waals surface area contributed by atoms with Crippen LogP contribution in [0.5, 0.6) is 0 Å². The highest BCUT2D eigenvalue weighted by Gasteiger charge is 2.22. The van der Waals surface area contributed by atoms with Gasteiger partial charge in [-0.15, -0.1) is 0 Å². The van der Waals surface area contributed by atoms with E-state index in [1.54, 1.807) is 29.4 Å². The molecule has 1 aromatic heterocycles. The lowest BCUT2D eigenvalue weighted by Crippen LogP contribution is -2.38. The molecule has 0 saturated carbocycles. The van der Waals surface area contributed by atoms with Crippen molar-refractivity contribution >= 4 is 11.8 Å². The van der Waals surface area contributed by atoms with Crippen molar-refractivity contribution in [3.63, 3.8) is 0 Å². The maximum absolute atomic E-state index is 13.3. The van der Waals surface area contributed by atoms with Crippen molar-refractivity contribution in [3.8, 4) is 0 Å². The molecular formula is C19H23FN4O2. The van der Waals surface area contributed by atoms with Crippen molar-refractivity contribution in [2.75, 3.05) is 26.2 Å². The van der Waals surface area contributed by atoms with Gasteiger partial charge in [-0.2, -0.15) is 5.10 Å². The van der Waals surface area contributed by atoms with Gasteiger partial charge in [0.15, 0.2) is 0 Å². The maximum Gasteiger partial charge on any atom is 0.227 e. The molecule has 1 aliphatic rings. The molecule has 0 spiro atoms. The summed E-state index contributed by atoms with van der Waals surface area (Å²) in [7, 11) is 0. The summed E-state index contributed by atoms with van der Waals surface area (Å²) in [5.41, 5.74) is 1.69. The lowest BCUT2D eigenvalue weighted by Gasteiger charge is -2.22. The smallest absolute Gasteiger partial charge is 0.227 e. The van der Waals surface area contributed by atoms with E-state index in [2.05, 4.69) is 10.2 Å². The van der Waals surface area contributed by atoms with Gasteiger partial charge in [0.25, 0.3) is 0 Å². The van der Waals surface area contributed by atoms with Crippen molar-refractivity contribution < 1.29 is 14.0 Å². The van der Waals surface area contributed by atoms with Gasteiger partial charge in [0, 0.05) is 38.8 Å². The van der Waals surface area contributed by atoms with Crippen LogP contribution >= 0.6 is 0 Å². The molecule has 3 rings (SSSR count). The van der Waals surface area contributed by atoms with E-state index in [9.17, 15) is 14.0 Å². The van der Waals surface area contributed by atoms with Gasteiger partial charge in [-0.25, -0.2) is 4.39 Å². The molecule has 1 aromatic carbocycles. The van der Waals surface area contributed by atoms with Crippen molar-refractivity contribution in [2.45, 2.75) is 25.7 Å². The van der Waals surface area contributed by atoms with Crippen LogP contribution in [0.15, 0.2) is 36.7 Å². The van der Waals surface area contributed by atoms with E-state index < -0.39 is 0 Å². The number of benzene rings is 1. The molecule has 2 heterocycles. The lowest BCUT2D eigenvalue weighted by molar-refractivity contribution is -0.133. The second-order valence-corrected chi connectivity index (χ2v) is 6.53. The molecule has 26 heavy (non-hydrogen) atoms. The topological polar surface area (TPSA) is 69.3 Å². The zero-order chi connectivity index (χ0) is 18.4. The van der Waals surface area contributed by atoms with Crippen molar-refractivity contribution in [3.05, 3.63) is 53.6 Å². The first-order valence-electron chi connectivity index (χ1n) is 8.89. The Morgan fingerprint density at radius 2 is 1.85 bits per heavy atom. The Bertz CT molecular complexity index is 748. The van der Waals surface area contributed by atoms with Gasteiger partial charge in [0.05, 0.1) is 12.6 Å². The van der Waals surface area contributed by atoms with Crippen LogP contribution in [0.1, 0.15) is 24.0 Å². The van der Waals surface area contributed by atoms with E-state index in [1.807, 2.05) is 4.90 Å². The molecule has 138 valence electrons. The molecule has 0 unspecified atom stereocenters. The second-order valence-electron chi connectivity index (χ2n) is 6.53. The van der Waals surface area contributed by atoms with Gasteiger partial charge in [-0.1, -0.05) is 12.1 Å². The number of carbonyl (C=O) groups excluding carboxylic acids is 2.